The number of sulfonamides is 1. The van der Waals surface area contributed by atoms with E-state index in [0.29, 0.717) is 13.1 Å². The largest absolute Gasteiger partial charge is 0.319 e. The number of anilines is 1. The number of hydrogen-bond acceptors (Lipinski definition) is 3. The molecule has 0 aliphatic carbocycles. The van der Waals surface area contributed by atoms with E-state index in [1.54, 1.807) is 7.05 Å². The molecule has 0 atom stereocenters. The van der Waals surface area contributed by atoms with Crippen LogP contribution in [-0.2, 0) is 10.0 Å². The molecule has 0 aliphatic heterocycles. The van der Waals surface area contributed by atoms with Crippen LogP contribution in [-0.4, -0.2) is 34.3 Å². The minimum atomic E-state index is -3.24. The smallest absolute Gasteiger partial charge is 0.236 e. The molecule has 0 heterocycles. The molecule has 96 valence electrons. The summed E-state index contributed by atoms with van der Waals surface area (Å²) in [6.45, 7) is 4.69. The van der Waals surface area contributed by atoms with E-state index in [4.69, 9.17) is 0 Å². The monoisotopic (exact) mass is 256 g/mol. The first-order valence-corrected chi connectivity index (χ1v) is 7.34. The summed E-state index contributed by atoms with van der Waals surface area (Å²) in [6, 6.07) is 7.53. The van der Waals surface area contributed by atoms with E-state index in [1.807, 2.05) is 38.1 Å². The number of hydrogen-bond donors (Lipinski definition) is 1. The van der Waals surface area contributed by atoms with Crippen molar-refractivity contribution in [3.05, 3.63) is 29.8 Å². The summed E-state index contributed by atoms with van der Waals surface area (Å²) in [5, 5.41) is 2.86. The quantitative estimate of drug-likeness (QED) is 0.836. The fourth-order valence-electron chi connectivity index (χ4n) is 1.70. The summed E-state index contributed by atoms with van der Waals surface area (Å²) >= 11 is 0. The zero-order valence-corrected chi connectivity index (χ0v) is 11.4. The molecule has 0 bridgehead atoms. The molecule has 0 radical (unpaired) electrons. The Morgan fingerprint density at radius 1 is 1.29 bits per heavy atom. The second kappa shape index (κ2) is 6.02. The summed E-state index contributed by atoms with van der Waals surface area (Å²) in [4.78, 5) is 0. The fraction of sp³-hybridized carbons (Fsp3) is 0.500. The van der Waals surface area contributed by atoms with E-state index in [2.05, 4.69) is 5.32 Å². The predicted octanol–water partition coefficient (Wildman–Crippen LogP) is 1.37. The van der Waals surface area contributed by atoms with Gasteiger partial charge in [0.15, 0.2) is 0 Å². The van der Waals surface area contributed by atoms with Crippen LogP contribution in [0.1, 0.15) is 12.5 Å². The summed E-state index contributed by atoms with van der Waals surface area (Å²) in [5.41, 5.74) is 1.74. The van der Waals surface area contributed by atoms with Gasteiger partial charge in [0.2, 0.25) is 10.0 Å². The normalized spacial score (nSPS) is 11.5. The lowest BCUT2D eigenvalue weighted by molar-refractivity contribution is 0.589. The van der Waals surface area contributed by atoms with Gasteiger partial charge in [-0.25, -0.2) is 8.42 Å². The van der Waals surface area contributed by atoms with Gasteiger partial charge < -0.3 is 5.32 Å². The lowest BCUT2D eigenvalue weighted by Gasteiger charge is -2.24. The second-order valence-electron chi connectivity index (χ2n) is 3.87. The molecule has 1 aromatic rings. The van der Waals surface area contributed by atoms with E-state index < -0.39 is 10.0 Å². The topological polar surface area (TPSA) is 49.4 Å². The van der Waals surface area contributed by atoms with Crippen molar-refractivity contribution < 1.29 is 8.42 Å². The van der Waals surface area contributed by atoms with Crippen LogP contribution in [0.4, 0.5) is 5.69 Å². The van der Waals surface area contributed by atoms with Crippen LogP contribution in [0.5, 0.6) is 0 Å². The Labute approximate surface area is 104 Å². The third-order valence-electron chi connectivity index (χ3n) is 2.62. The summed E-state index contributed by atoms with van der Waals surface area (Å²) in [6.07, 6.45) is 0. The molecule has 4 nitrogen and oxygen atoms in total. The molecular weight excluding hydrogens is 236 g/mol. The van der Waals surface area contributed by atoms with Crippen molar-refractivity contribution in [3.63, 3.8) is 0 Å². The molecule has 0 unspecified atom stereocenters. The third kappa shape index (κ3) is 3.44. The highest BCUT2D eigenvalue weighted by Crippen LogP contribution is 2.22. The van der Waals surface area contributed by atoms with Gasteiger partial charge in [-0.05, 0) is 32.5 Å². The molecule has 0 saturated carbocycles. The first-order valence-electron chi connectivity index (χ1n) is 5.73. The molecule has 0 saturated heterocycles. The minimum absolute atomic E-state index is 0.117. The summed E-state index contributed by atoms with van der Waals surface area (Å²) < 4.78 is 25.8. The van der Waals surface area contributed by atoms with Crippen molar-refractivity contribution in [2.24, 2.45) is 0 Å². The van der Waals surface area contributed by atoms with Crippen LogP contribution >= 0.6 is 0 Å². The second-order valence-corrected chi connectivity index (χ2v) is 5.88. The highest BCUT2D eigenvalue weighted by molar-refractivity contribution is 7.92. The van der Waals surface area contributed by atoms with Crippen molar-refractivity contribution in [1.82, 2.24) is 5.32 Å². The predicted molar refractivity (Wildman–Crippen MR) is 71.9 cm³/mol. The number of benzene rings is 1. The molecule has 1 N–H and O–H groups in total. The van der Waals surface area contributed by atoms with Crippen molar-refractivity contribution in [3.8, 4) is 0 Å². The number of rotatable bonds is 6. The van der Waals surface area contributed by atoms with Crippen molar-refractivity contribution in [2.45, 2.75) is 13.8 Å². The van der Waals surface area contributed by atoms with Gasteiger partial charge in [-0.2, -0.15) is 0 Å². The SMILES string of the molecule is CCN(c1ccccc1C)S(=O)(=O)CCNC. The Kier molecular flexibility index (Phi) is 4.96. The van der Waals surface area contributed by atoms with Crippen LogP contribution in [0.25, 0.3) is 0 Å². The Bertz CT molecular complexity index is 457. The molecule has 1 rings (SSSR count). The molecule has 5 heteroatoms. The molecule has 0 fully saturated rings. The van der Waals surface area contributed by atoms with Crippen LogP contribution in [0.15, 0.2) is 24.3 Å². The average Bonchev–Trinajstić information content (AvgIpc) is 2.30. The Balaban J connectivity index is 3.04. The Morgan fingerprint density at radius 3 is 2.47 bits per heavy atom. The van der Waals surface area contributed by atoms with Gasteiger partial charge in [0.1, 0.15) is 0 Å². The Hall–Kier alpha value is -1.07. The first-order chi connectivity index (χ1) is 8.03. The highest BCUT2D eigenvalue weighted by Gasteiger charge is 2.21. The molecule has 17 heavy (non-hydrogen) atoms. The first kappa shape index (κ1) is 14.0. The number of para-hydroxylation sites is 1. The fourth-order valence-corrected chi connectivity index (χ4v) is 3.28. The molecule has 0 spiro atoms. The van der Waals surface area contributed by atoms with Crippen LogP contribution < -0.4 is 9.62 Å². The van der Waals surface area contributed by atoms with Gasteiger partial charge in [0.05, 0.1) is 11.4 Å². The van der Waals surface area contributed by atoms with Crippen LogP contribution in [0, 0.1) is 6.92 Å². The van der Waals surface area contributed by atoms with Gasteiger partial charge in [0.25, 0.3) is 0 Å². The maximum atomic E-state index is 12.2. The molecule has 1 aromatic carbocycles. The summed E-state index contributed by atoms with van der Waals surface area (Å²) in [7, 11) is -1.49. The number of nitrogens with one attached hydrogen (secondary N) is 1. The maximum absolute atomic E-state index is 12.2. The average molecular weight is 256 g/mol. The van der Waals surface area contributed by atoms with Gasteiger partial charge in [-0.15, -0.1) is 0 Å². The highest BCUT2D eigenvalue weighted by atomic mass is 32.2. The Morgan fingerprint density at radius 2 is 1.94 bits per heavy atom. The van der Waals surface area contributed by atoms with Gasteiger partial charge in [-0.1, -0.05) is 18.2 Å². The zero-order chi connectivity index (χ0) is 12.9. The number of aryl methyl sites for hydroxylation is 1. The molecule has 0 aromatic heterocycles. The van der Waals surface area contributed by atoms with Gasteiger partial charge in [0, 0.05) is 13.1 Å². The lowest BCUT2D eigenvalue weighted by atomic mass is 10.2. The van der Waals surface area contributed by atoms with E-state index >= 15 is 0 Å². The van der Waals surface area contributed by atoms with Gasteiger partial charge >= 0.3 is 0 Å². The summed E-state index contributed by atoms with van der Waals surface area (Å²) in [5.74, 6) is 0.117. The minimum Gasteiger partial charge on any atom is -0.319 e. The number of nitrogens with zero attached hydrogens (tertiary/aromatic N) is 1. The molecule has 0 amide bonds. The van der Waals surface area contributed by atoms with Crippen LogP contribution in [0.2, 0.25) is 0 Å². The van der Waals surface area contributed by atoms with Gasteiger partial charge in [-0.3, -0.25) is 4.31 Å². The van der Waals surface area contributed by atoms with E-state index in [0.717, 1.165) is 11.3 Å². The van der Waals surface area contributed by atoms with Crippen molar-refractivity contribution >= 4 is 15.7 Å². The van der Waals surface area contributed by atoms with Crippen molar-refractivity contribution in [2.75, 3.05) is 30.2 Å². The maximum Gasteiger partial charge on any atom is 0.236 e. The van der Waals surface area contributed by atoms with E-state index in [1.165, 1.54) is 4.31 Å². The molecular formula is C12H20N2O2S. The van der Waals surface area contributed by atoms with E-state index in [9.17, 15) is 8.42 Å². The standard InChI is InChI=1S/C12H20N2O2S/c1-4-14(17(15,16)10-9-13-3)12-8-6-5-7-11(12)2/h5-8,13H,4,9-10H2,1-3H3. The van der Waals surface area contributed by atoms with Crippen molar-refractivity contribution in [1.29, 1.82) is 0 Å². The van der Waals surface area contributed by atoms with E-state index in [-0.39, 0.29) is 5.75 Å². The zero-order valence-electron chi connectivity index (χ0n) is 10.6. The molecule has 0 aliphatic rings. The third-order valence-corrected chi connectivity index (χ3v) is 4.46. The van der Waals surface area contributed by atoms with Crippen LogP contribution in [0.3, 0.4) is 0 Å². The lowest BCUT2D eigenvalue weighted by Crippen LogP contribution is -2.36.